The molecule has 3 N–H and O–H groups in total. The van der Waals surface area contributed by atoms with Crippen LogP contribution < -0.4 is 10.6 Å². The summed E-state index contributed by atoms with van der Waals surface area (Å²) in [6.45, 7) is 5.83. The van der Waals surface area contributed by atoms with Gasteiger partial charge in [0.1, 0.15) is 6.61 Å². The van der Waals surface area contributed by atoms with Crippen molar-refractivity contribution in [1.82, 2.24) is 15.5 Å². The van der Waals surface area contributed by atoms with Crippen molar-refractivity contribution in [3.63, 3.8) is 0 Å². The number of nitrogens with zero attached hydrogens (tertiary/aromatic N) is 1. The first kappa shape index (κ1) is 73.7. The van der Waals surface area contributed by atoms with E-state index in [1.807, 2.05) is 0 Å². The van der Waals surface area contributed by atoms with Crippen LogP contribution in [-0.4, -0.2) is 144 Å². The molecule has 0 saturated heterocycles. The Labute approximate surface area is 475 Å². The van der Waals surface area contributed by atoms with Crippen LogP contribution in [0.25, 0.3) is 0 Å². The SMILES string of the molecule is CCCCCCCCCCCCCCCCCC(=O)OC[C@H](COP(=O)(O)OCCNC(=O)CCOCCOCCOCCOCCNC(=O)CCN1C(=O)C=CC1=O)OC(=O)CCCCCCCCCCCCCCCCC. The van der Waals surface area contributed by atoms with Crippen molar-refractivity contribution < 1.29 is 75.7 Å². The zero-order valence-electron chi connectivity index (χ0n) is 49.1. The van der Waals surface area contributed by atoms with Crippen molar-refractivity contribution in [1.29, 1.82) is 0 Å². The second kappa shape index (κ2) is 54.0. The van der Waals surface area contributed by atoms with Crippen molar-refractivity contribution >= 4 is 43.4 Å². The Kier molecular flexibility index (Phi) is 50.4. The zero-order chi connectivity index (χ0) is 57.5. The standard InChI is InChI=1S/C59H108N3O16P/c1-3-5-7-9-11-13-15-17-19-21-23-25-27-29-31-33-58(67)75-51-53(78-59(68)34-32-30-28-26-24-22-20-18-16-14-12-10-8-6-4-2)52-77-79(69,70)76-44-40-61-55(64)38-42-71-45-47-73-49-50-74-48-46-72-43-39-60-54(63)37-41-62-56(65)35-36-57(62)66/h35-36,53H,3-34,37-52H2,1-2H3,(H,60,63)(H,61,64)(H,69,70)/t53-/m1/s1. The van der Waals surface area contributed by atoms with Crippen LogP contribution in [0.15, 0.2) is 12.2 Å². The van der Waals surface area contributed by atoms with E-state index in [0.717, 1.165) is 43.4 Å². The van der Waals surface area contributed by atoms with E-state index in [9.17, 15) is 38.2 Å². The largest absolute Gasteiger partial charge is 0.472 e. The summed E-state index contributed by atoms with van der Waals surface area (Å²) < 4.78 is 55.8. The van der Waals surface area contributed by atoms with E-state index in [2.05, 4.69) is 24.5 Å². The Hall–Kier alpha value is -3.29. The Balaban J connectivity index is 2.24. The van der Waals surface area contributed by atoms with Crippen LogP contribution in [0.4, 0.5) is 0 Å². The van der Waals surface area contributed by atoms with Gasteiger partial charge in [0, 0.05) is 57.5 Å². The maximum absolute atomic E-state index is 12.9. The lowest BCUT2D eigenvalue weighted by Gasteiger charge is -2.20. The van der Waals surface area contributed by atoms with Gasteiger partial charge in [0.2, 0.25) is 11.8 Å². The maximum atomic E-state index is 12.9. The third kappa shape index (κ3) is 49.1. The molecule has 79 heavy (non-hydrogen) atoms. The molecule has 2 atom stereocenters. The molecule has 0 aliphatic carbocycles. The Morgan fingerprint density at radius 1 is 0.456 bits per heavy atom. The van der Waals surface area contributed by atoms with E-state index in [4.69, 9.17) is 37.5 Å². The molecule has 0 fully saturated rings. The second-order valence-electron chi connectivity index (χ2n) is 20.6. The molecule has 0 radical (unpaired) electrons. The van der Waals surface area contributed by atoms with Crippen LogP contribution in [0.5, 0.6) is 0 Å². The number of imide groups is 1. The molecule has 0 bridgehead atoms. The number of phosphoric acid groups is 1. The number of ether oxygens (including phenoxy) is 6. The molecule has 0 aromatic carbocycles. The van der Waals surface area contributed by atoms with Crippen molar-refractivity contribution in [3.8, 4) is 0 Å². The molecule has 1 aliphatic rings. The molecule has 0 saturated carbocycles. The molecule has 460 valence electrons. The van der Waals surface area contributed by atoms with Gasteiger partial charge in [-0.25, -0.2) is 4.57 Å². The first-order valence-electron chi connectivity index (χ1n) is 30.8. The number of nitrogens with one attached hydrogen (secondary N) is 2. The lowest BCUT2D eigenvalue weighted by Crippen LogP contribution is -2.35. The van der Waals surface area contributed by atoms with Gasteiger partial charge in [-0.2, -0.15) is 0 Å². The number of amides is 4. The summed E-state index contributed by atoms with van der Waals surface area (Å²) in [7, 11) is -4.63. The van der Waals surface area contributed by atoms with Crippen LogP contribution in [0.3, 0.4) is 0 Å². The van der Waals surface area contributed by atoms with Crippen LogP contribution in [0.2, 0.25) is 0 Å². The minimum Gasteiger partial charge on any atom is -0.462 e. The van der Waals surface area contributed by atoms with Crippen LogP contribution in [-0.2, 0) is 70.8 Å². The average molecular weight is 1150 g/mol. The van der Waals surface area contributed by atoms with E-state index >= 15 is 0 Å². The lowest BCUT2D eigenvalue weighted by atomic mass is 10.0. The zero-order valence-corrected chi connectivity index (χ0v) is 50.0. The summed E-state index contributed by atoms with van der Waals surface area (Å²) in [6.07, 6.45) is 38.1. The molecule has 1 unspecified atom stereocenters. The molecule has 4 amide bonds. The van der Waals surface area contributed by atoms with Crippen LogP contribution in [0.1, 0.15) is 232 Å². The fraction of sp³-hybridized carbons (Fsp3) is 0.864. The third-order valence-electron chi connectivity index (χ3n) is 13.4. The summed E-state index contributed by atoms with van der Waals surface area (Å²) >= 11 is 0. The lowest BCUT2D eigenvalue weighted by molar-refractivity contribution is -0.161. The first-order chi connectivity index (χ1) is 38.5. The number of carbonyl (C=O) groups is 6. The van der Waals surface area contributed by atoms with E-state index in [1.54, 1.807) is 0 Å². The highest BCUT2D eigenvalue weighted by Crippen LogP contribution is 2.43. The predicted octanol–water partition coefficient (Wildman–Crippen LogP) is 11.1. The molecular formula is C59H108N3O16P. The summed E-state index contributed by atoms with van der Waals surface area (Å²) in [6, 6.07) is 0. The minimum atomic E-state index is -4.63. The highest BCUT2D eigenvalue weighted by molar-refractivity contribution is 7.47. The molecule has 1 aliphatic heterocycles. The van der Waals surface area contributed by atoms with Gasteiger partial charge in [0.15, 0.2) is 6.10 Å². The minimum absolute atomic E-state index is 0.0159. The molecule has 0 aromatic heterocycles. The molecule has 1 heterocycles. The molecular weight excluding hydrogens is 1040 g/mol. The topological polar surface area (TPSA) is 241 Å². The number of esters is 2. The van der Waals surface area contributed by atoms with Gasteiger partial charge in [-0.15, -0.1) is 0 Å². The maximum Gasteiger partial charge on any atom is 0.472 e. The first-order valence-corrected chi connectivity index (χ1v) is 32.3. The highest BCUT2D eigenvalue weighted by atomic mass is 31.2. The smallest absolute Gasteiger partial charge is 0.462 e. The summed E-state index contributed by atoms with van der Waals surface area (Å²) in [4.78, 5) is 84.2. The monoisotopic (exact) mass is 1150 g/mol. The highest BCUT2D eigenvalue weighted by Gasteiger charge is 2.27. The van der Waals surface area contributed by atoms with Crippen molar-refractivity contribution in [2.75, 3.05) is 92.3 Å². The summed E-state index contributed by atoms with van der Waals surface area (Å²) in [5.74, 6) is -2.41. The number of rotatable bonds is 60. The quantitative estimate of drug-likeness (QED) is 0.0222. The van der Waals surface area contributed by atoms with Crippen LogP contribution in [0, 0.1) is 0 Å². The Morgan fingerprint density at radius 2 is 0.823 bits per heavy atom. The number of hydrogen-bond acceptors (Lipinski definition) is 15. The molecule has 0 aromatic rings. The van der Waals surface area contributed by atoms with E-state index in [0.29, 0.717) is 45.9 Å². The number of carbonyl (C=O) groups excluding carboxylic acids is 6. The molecule has 1 rings (SSSR count). The molecule has 0 spiro atoms. The average Bonchev–Trinajstić information content (AvgIpc) is 3.76. The van der Waals surface area contributed by atoms with Gasteiger partial charge in [0.05, 0.1) is 66.1 Å². The number of phosphoric ester groups is 1. The van der Waals surface area contributed by atoms with Gasteiger partial charge in [-0.1, -0.05) is 194 Å². The number of unbranched alkanes of at least 4 members (excludes halogenated alkanes) is 28. The molecule has 20 heteroatoms. The fourth-order valence-corrected chi connectivity index (χ4v) is 9.45. The normalized spacial score (nSPS) is 13.5. The predicted molar refractivity (Wildman–Crippen MR) is 306 cm³/mol. The fourth-order valence-electron chi connectivity index (χ4n) is 8.70. The van der Waals surface area contributed by atoms with E-state index < -0.39 is 44.3 Å². The van der Waals surface area contributed by atoms with Crippen LogP contribution >= 0.6 is 7.82 Å². The second-order valence-corrected chi connectivity index (χ2v) is 22.1. The van der Waals surface area contributed by atoms with Gasteiger partial charge < -0.3 is 43.9 Å². The van der Waals surface area contributed by atoms with Gasteiger partial charge in [0.25, 0.3) is 11.8 Å². The van der Waals surface area contributed by atoms with Gasteiger partial charge >= 0.3 is 19.8 Å². The van der Waals surface area contributed by atoms with E-state index in [-0.39, 0.29) is 90.2 Å². The van der Waals surface area contributed by atoms with Gasteiger partial charge in [-0.3, -0.25) is 42.7 Å². The number of hydrogen-bond donors (Lipinski definition) is 3. The van der Waals surface area contributed by atoms with E-state index in [1.165, 1.54) is 153 Å². The third-order valence-corrected chi connectivity index (χ3v) is 14.4. The molecule has 19 nitrogen and oxygen atoms in total. The summed E-state index contributed by atoms with van der Waals surface area (Å²) in [5.41, 5.74) is 0. The Bertz CT molecular complexity index is 1600. The summed E-state index contributed by atoms with van der Waals surface area (Å²) in [5, 5.41) is 5.26. The van der Waals surface area contributed by atoms with Crippen molar-refractivity contribution in [3.05, 3.63) is 12.2 Å². The van der Waals surface area contributed by atoms with Gasteiger partial charge in [-0.05, 0) is 12.8 Å². The van der Waals surface area contributed by atoms with Crippen molar-refractivity contribution in [2.45, 2.75) is 238 Å². The van der Waals surface area contributed by atoms with Crippen molar-refractivity contribution in [2.24, 2.45) is 0 Å². The Morgan fingerprint density at radius 3 is 1.27 bits per heavy atom.